The van der Waals surface area contributed by atoms with E-state index in [0.717, 1.165) is 12.0 Å². The molecule has 1 aliphatic carbocycles. The Kier molecular flexibility index (Phi) is 3.92. The fraction of sp³-hybridized carbons (Fsp3) is 0.227. The Morgan fingerprint density at radius 2 is 1.83 bits per heavy atom. The fourth-order valence-electron chi connectivity index (χ4n) is 3.11. The lowest BCUT2D eigenvalue weighted by Gasteiger charge is -2.32. The molecule has 0 radical (unpaired) electrons. The van der Waals surface area contributed by atoms with Gasteiger partial charge < -0.3 is 0 Å². The summed E-state index contributed by atoms with van der Waals surface area (Å²) < 4.78 is 0. The molecule has 0 aliphatic heterocycles. The Morgan fingerprint density at radius 1 is 1.09 bits per heavy atom. The Hall–Kier alpha value is -2.59. The Labute approximate surface area is 138 Å². The zero-order chi connectivity index (χ0) is 16.4. The molecule has 3 rings (SSSR count). The Morgan fingerprint density at radius 3 is 2.52 bits per heavy atom. The molecule has 0 spiro atoms. The summed E-state index contributed by atoms with van der Waals surface area (Å²) in [5.41, 5.74) is 7.34. The normalized spacial score (nSPS) is 15.0. The lowest BCUT2D eigenvalue weighted by molar-refractivity contribution is -0.103. The maximum absolute atomic E-state index is 10.5. The highest BCUT2D eigenvalue weighted by Crippen LogP contribution is 2.41. The van der Waals surface area contributed by atoms with E-state index in [2.05, 4.69) is 75.1 Å². The first-order valence-electron chi connectivity index (χ1n) is 7.88. The van der Waals surface area contributed by atoms with Crippen molar-refractivity contribution >= 4 is 11.9 Å². The van der Waals surface area contributed by atoms with Gasteiger partial charge in [-0.05, 0) is 59.1 Å². The lowest BCUT2D eigenvalue weighted by Crippen LogP contribution is -2.22. The molecule has 0 unspecified atom stereocenters. The first kappa shape index (κ1) is 15.3. The molecule has 0 amide bonds. The SMILES string of the molecule is Cc1ccc(C2=CCC(C)(C)c3cc(C#CC=O)ccc32)cc1. The third-order valence-corrected chi connectivity index (χ3v) is 4.49. The van der Waals surface area contributed by atoms with Crippen LogP contribution < -0.4 is 0 Å². The lowest BCUT2D eigenvalue weighted by atomic mass is 9.72. The van der Waals surface area contributed by atoms with Gasteiger partial charge in [0.15, 0.2) is 6.29 Å². The molecule has 0 N–H and O–H groups in total. The molecule has 0 bridgehead atoms. The van der Waals surface area contributed by atoms with Crippen molar-refractivity contribution in [1.29, 1.82) is 0 Å². The molecule has 0 heterocycles. The van der Waals surface area contributed by atoms with Crippen molar-refractivity contribution in [1.82, 2.24) is 0 Å². The van der Waals surface area contributed by atoms with Crippen LogP contribution in [-0.2, 0) is 10.2 Å². The van der Waals surface area contributed by atoms with Crippen LogP contribution in [0, 0.1) is 18.8 Å². The van der Waals surface area contributed by atoms with E-state index in [0.29, 0.717) is 6.29 Å². The van der Waals surface area contributed by atoms with E-state index >= 15 is 0 Å². The first-order valence-corrected chi connectivity index (χ1v) is 7.88. The molecular weight excluding hydrogens is 280 g/mol. The molecule has 0 fully saturated rings. The van der Waals surface area contributed by atoms with Crippen molar-refractivity contribution in [2.24, 2.45) is 0 Å². The van der Waals surface area contributed by atoms with E-state index in [1.807, 2.05) is 6.07 Å². The summed E-state index contributed by atoms with van der Waals surface area (Å²) in [6, 6.07) is 14.9. The number of aryl methyl sites for hydroxylation is 1. The number of carbonyl (C=O) groups is 1. The van der Waals surface area contributed by atoms with Crippen molar-refractivity contribution in [3.63, 3.8) is 0 Å². The van der Waals surface area contributed by atoms with Crippen LogP contribution in [-0.4, -0.2) is 6.29 Å². The van der Waals surface area contributed by atoms with Crippen molar-refractivity contribution in [2.45, 2.75) is 32.6 Å². The molecule has 1 nitrogen and oxygen atoms in total. The van der Waals surface area contributed by atoms with Gasteiger partial charge in [0.05, 0.1) is 0 Å². The molecule has 1 heteroatoms. The standard InChI is InChI=1S/C22H20O/c1-16-6-9-18(10-7-16)19-12-13-22(2,3)21-15-17(5-4-14-23)8-11-20(19)21/h6-12,14-15H,13H2,1-3H3. The summed E-state index contributed by atoms with van der Waals surface area (Å²) in [5, 5.41) is 0. The van der Waals surface area contributed by atoms with E-state index in [9.17, 15) is 4.79 Å². The molecular formula is C22H20O. The number of hydrogen-bond acceptors (Lipinski definition) is 1. The van der Waals surface area contributed by atoms with Gasteiger partial charge >= 0.3 is 0 Å². The van der Waals surface area contributed by atoms with Crippen LogP contribution in [0.5, 0.6) is 0 Å². The van der Waals surface area contributed by atoms with Gasteiger partial charge in [-0.15, -0.1) is 0 Å². The van der Waals surface area contributed by atoms with Crippen LogP contribution in [0.1, 0.15) is 48.1 Å². The molecule has 23 heavy (non-hydrogen) atoms. The molecule has 1 aliphatic rings. The molecule has 0 saturated carbocycles. The molecule has 2 aromatic rings. The summed E-state index contributed by atoms with van der Waals surface area (Å²) in [7, 11) is 0. The van der Waals surface area contributed by atoms with Crippen LogP contribution >= 0.6 is 0 Å². The largest absolute Gasteiger partial charge is 0.289 e. The minimum absolute atomic E-state index is 0.0718. The predicted octanol–water partition coefficient (Wildman–Crippen LogP) is 4.66. The summed E-state index contributed by atoms with van der Waals surface area (Å²) >= 11 is 0. The molecule has 2 aromatic carbocycles. The monoisotopic (exact) mass is 300 g/mol. The summed E-state index contributed by atoms with van der Waals surface area (Å²) in [4.78, 5) is 10.5. The maximum Gasteiger partial charge on any atom is 0.193 e. The van der Waals surface area contributed by atoms with Gasteiger partial charge in [0, 0.05) is 5.56 Å². The van der Waals surface area contributed by atoms with Crippen molar-refractivity contribution in [2.75, 3.05) is 0 Å². The summed E-state index contributed by atoms with van der Waals surface area (Å²) in [5.74, 6) is 5.41. The van der Waals surface area contributed by atoms with Crippen molar-refractivity contribution in [3.05, 3.63) is 76.4 Å². The Balaban J connectivity index is 2.13. The smallest absolute Gasteiger partial charge is 0.193 e. The van der Waals surface area contributed by atoms with Crippen molar-refractivity contribution < 1.29 is 4.79 Å². The number of allylic oxidation sites excluding steroid dienone is 1. The zero-order valence-corrected chi connectivity index (χ0v) is 13.8. The van der Waals surface area contributed by atoms with Crippen LogP contribution in [0.3, 0.4) is 0 Å². The molecule has 0 saturated heterocycles. The van der Waals surface area contributed by atoms with E-state index in [-0.39, 0.29) is 5.41 Å². The van der Waals surface area contributed by atoms with Gasteiger partial charge in [-0.25, -0.2) is 0 Å². The second-order valence-corrected chi connectivity index (χ2v) is 6.72. The summed E-state index contributed by atoms with van der Waals surface area (Å²) in [6.45, 7) is 6.62. The van der Waals surface area contributed by atoms with E-state index in [1.54, 1.807) is 0 Å². The number of fused-ring (bicyclic) bond motifs is 1. The van der Waals surface area contributed by atoms with Crippen LogP contribution in [0.4, 0.5) is 0 Å². The van der Waals surface area contributed by atoms with E-state index in [1.165, 1.54) is 27.8 Å². The minimum atomic E-state index is 0.0718. The average molecular weight is 300 g/mol. The quantitative estimate of drug-likeness (QED) is 0.553. The topological polar surface area (TPSA) is 17.1 Å². The highest BCUT2D eigenvalue weighted by molar-refractivity contribution is 5.84. The predicted molar refractivity (Wildman–Crippen MR) is 95.3 cm³/mol. The molecule has 0 aromatic heterocycles. The fourth-order valence-corrected chi connectivity index (χ4v) is 3.11. The highest BCUT2D eigenvalue weighted by atomic mass is 16.1. The van der Waals surface area contributed by atoms with Gasteiger partial charge in [0.2, 0.25) is 0 Å². The first-order chi connectivity index (χ1) is 11.0. The number of hydrogen-bond donors (Lipinski definition) is 0. The van der Waals surface area contributed by atoms with Crippen LogP contribution in [0.2, 0.25) is 0 Å². The van der Waals surface area contributed by atoms with Crippen molar-refractivity contribution in [3.8, 4) is 11.8 Å². The Bertz CT molecular complexity index is 840. The minimum Gasteiger partial charge on any atom is -0.289 e. The van der Waals surface area contributed by atoms with Gasteiger partial charge in [-0.2, -0.15) is 0 Å². The zero-order valence-electron chi connectivity index (χ0n) is 13.8. The van der Waals surface area contributed by atoms with E-state index < -0.39 is 0 Å². The number of benzene rings is 2. The number of aldehydes is 1. The highest BCUT2D eigenvalue weighted by Gasteiger charge is 2.28. The van der Waals surface area contributed by atoms with Gasteiger partial charge in [-0.1, -0.05) is 61.7 Å². The molecule has 114 valence electrons. The van der Waals surface area contributed by atoms with Gasteiger partial charge in [0.1, 0.15) is 0 Å². The second kappa shape index (κ2) is 5.89. The van der Waals surface area contributed by atoms with Gasteiger partial charge in [-0.3, -0.25) is 4.79 Å². The van der Waals surface area contributed by atoms with E-state index in [4.69, 9.17) is 0 Å². The average Bonchev–Trinajstić information content (AvgIpc) is 2.54. The maximum atomic E-state index is 10.5. The number of rotatable bonds is 1. The second-order valence-electron chi connectivity index (χ2n) is 6.72. The van der Waals surface area contributed by atoms with Crippen LogP contribution in [0.25, 0.3) is 5.57 Å². The van der Waals surface area contributed by atoms with Gasteiger partial charge in [0.25, 0.3) is 0 Å². The summed E-state index contributed by atoms with van der Waals surface area (Å²) in [6.07, 6.45) is 3.97. The molecule has 0 atom stereocenters. The van der Waals surface area contributed by atoms with Crippen LogP contribution in [0.15, 0.2) is 48.5 Å². The number of carbonyl (C=O) groups excluding carboxylic acids is 1. The third kappa shape index (κ3) is 2.98. The third-order valence-electron chi connectivity index (χ3n) is 4.49.